The molecule has 0 bridgehead atoms. The van der Waals surface area contributed by atoms with Crippen molar-refractivity contribution in [3.63, 3.8) is 0 Å². The molecule has 1 aromatic heterocycles. The lowest BCUT2D eigenvalue weighted by Gasteiger charge is -2.36. The molecule has 2 N–H and O–H groups in total. The molecule has 2 aromatic carbocycles. The first-order valence-corrected chi connectivity index (χ1v) is 16.9. The number of urea groups is 1. The summed E-state index contributed by atoms with van der Waals surface area (Å²) in [4.78, 5) is 46.7. The number of nitrogens with one attached hydrogen (secondary N) is 2. The van der Waals surface area contributed by atoms with Gasteiger partial charge in [-0.05, 0) is 81.1 Å². The minimum Gasteiger partial charge on any atom is -0.377 e. The molecule has 47 heavy (non-hydrogen) atoms. The molecule has 2 atom stereocenters. The smallest absolute Gasteiger partial charge is 0.323 e. The highest BCUT2D eigenvalue weighted by Gasteiger charge is 2.27. The molecule has 3 aliphatic heterocycles. The predicted molar refractivity (Wildman–Crippen MR) is 183 cm³/mol. The zero-order chi connectivity index (χ0) is 32.8. The van der Waals surface area contributed by atoms with Crippen LogP contribution in [0.1, 0.15) is 56.8 Å². The number of piperidine rings is 1. The Morgan fingerprint density at radius 1 is 0.766 bits per heavy atom. The van der Waals surface area contributed by atoms with Crippen LogP contribution >= 0.6 is 0 Å². The molecule has 12 heteroatoms. The van der Waals surface area contributed by atoms with E-state index in [1.807, 2.05) is 29.2 Å². The molecule has 0 saturated carbocycles. The lowest BCUT2D eigenvalue weighted by atomic mass is 9.92. The van der Waals surface area contributed by atoms with Crippen molar-refractivity contribution in [1.82, 2.24) is 19.9 Å². The Bertz CT molecular complexity index is 1470. The van der Waals surface area contributed by atoms with E-state index in [0.29, 0.717) is 74.2 Å². The molecule has 0 spiro atoms. The van der Waals surface area contributed by atoms with Crippen LogP contribution in [-0.2, 0) is 9.47 Å². The van der Waals surface area contributed by atoms with E-state index >= 15 is 0 Å². The van der Waals surface area contributed by atoms with E-state index < -0.39 is 0 Å². The van der Waals surface area contributed by atoms with Crippen molar-refractivity contribution >= 4 is 35.2 Å². The Morgan fingerprint density at radius 3 is 1.81 bits per heavy atom. The first-order chi connectivity index (χ1) is 22.9. The van der Waals surface area contributed by atoms with Crippen LogP contribution in [0.3, 0.4) is 0 Å². The molecule has 12 nitrogen and oxygen atoms in total. The summed E-state index contributed by atoms with van der Waals surface area (Å²) in [6.07, 6.45) is 4.57. The Balaban J connectivity index is 1.10. The van der Waals surface area contributed by atoms with Crippen molar-refractivity contribution in [3.05, 3.63) is 54.1 Å². The summed E-state index contributed by atoms with van der Waals surface area (Å²) in [5.41, 5.74) is 2.69. The number of nitrogens with zero attached hydrogens (tertiary/aromatic N) is 6. The molecule has 4 heterocycles. The van der Waals surface area contributed by atoms with Crippen molar-refractivity contribution in [3.8, 4) is 11.4 Å². The Labute approximate surface area is 276 Å². The largest absolute Gasteiger partial charge is 0.377 e. The maximum Gasteiger partial charge on any atom is 0.323 e. The van der Waals surface area contributed by atoms with Crippen molar-refractivity contribution < 1.29 is 19.1 Å². The summed E-state index contributed by atoms with van der Waals surface area (Å²) in [6, 6.07) is 14.5. The van der Waals surface area contributed by atoms with Gasteiger partial charge in [-0.3, -0.25) is 4.79 Å². The fourth-order valence-corrected chi connectivity index (χ4v) is 6.50. The third kappa shape index (κ3) is 7.99. The van der Waals surface area contributed by atoms with Gasteiger partial charge in [-0.15, -0.1) is 0 Å². The van der Waals surface area contributed by atoms with Crippen LogP contribution in [0.2, 0.25) is 0 Å². The van der Waals surface area contributed by atoms with Crippen LogP contribution in [-0.4, -0.2) is 96.5 Å². The van der Waals surface area contributed by atoms with Gasteiger partial charge < -0.3 is 34.8 Å². The number of hydrogen-bond donors (Lipinski definition) is 2. The number of amides is 3. The molecule has 3 fully saturated rings. The van der Waals surface area contributed by atoms with Crippen molar-refractivity contribution in [2.75, 3.05) is 73.0 Å². The number of morpholine rings is 2. The second-order valence-corrected chi connectivity index (χ2v) is 12.8. The van der Waals surface area contributed by atoms with E-state index in [1.54, 1.807) is 24.3 Å². The van der Waals surface area contributed by atoms with Gasteiger partial charge in [0.25, 0.3) is 5.91 Å². The first kappa shape index (κ1) is 32.6. The fourth-order valence-electron chi connectivity index (χ4n) is 6.50. The number of ether oxygens (including phenoxy) is 2. The normalized spacial score (nSPS) is 20.6. The predicted octanol–water partition coefficient (Wildman–Crippen LogP) is 5.29. The van der Waals surface area contributed by atoms with Gasteiger partial charge in [-0.2, -0.15) is 15.0 Å². The summed E-state index contributed by atoms with van der Waals surface area (Å²) < 4.78 is 11.3. The fraction of sp³-hybridized carbons (Fsp3) is 0.514. The van der Waals surface area contributed by atoms with Crippen molar-refractivity contribution in [2.24, 2.45) is 5.92 Å². The number of aromatic nitrogens is 3. The number of anilines is 4. The number of benzene rings is 2. The second kappa shape index (κ2) is 15.1. The minimum atomic E-state index is -0.373. The maximum atomic E-state index is 13.0. The standard InChI is InChI=1S/C35H46N8O4/c1-4-5-26-14-16-41(17-15-26)32(44)28-8-12-30(13-9-28)37-35(45)36-29-10-6-27(7-11-29)31-38-33(42-18-20-46-22-24(42)2)40-34(39-31)43-19-21-47-23-25(43)3/h6-13,24-26H,4-5,14-23H2,1-3H3,(H2,36,37,45)/t24-,25-/m0/s1. The highest BCUT2D eigenvalue weighted by atomic mass is 16.5. The molecule has 3 aliphatic rings. The van der Waals surface area contributed by atoms with Crippen LogP contribution < -0.4 is 20.4 Å². The van der Waals surface area contributed by atoms with Gasteiger partial charge in [0.05, 0.1) is 38.5 Å². The lowest BCUT2D eigenvalue weighted by Crippen LogP contribution is -2.46. The number of rotatable bonds is 8. The van der Waals surface area contributed by atoms with E-state index in [0.717, 1.165) is 37.4 Å². The molecule has 6 rings (SSSR count). The number of carbonyl (C=O) groups excluding carboxylic acids is 2. The summed E-state index contributed by atoms with van der Waals surface area (Å²) in [7, 11) is 0. The van der Waals surface area contributed by atoms with E-state index in [9.17, 15) is 9.59 Å². The highest BCUT2D eigenvalue weighted by Crippen LogP contribution is 2.27. The third-order valence-corrected chi connectivity index (χ3v) is 9.25. The maximum absolute atomic E-state index is 13.0. The van der Waals surface area contributed by atoms with Gasteiger partial charge in [0, 0.05) is 48.7 Å². The number of likely N-dealkylation sites (tertiary alicyclic amines) is 1. The van der Waals surface area contributed by atoms with Crippen LogP contribution in [0.4, 0.5) is 28.1 Å². The van der Waals surface area contributed by atoms with Gasteiger partial charge in [-0.25, -0.2) is 4.79 Å². The van der Waals surface area contributed by atoms with Crippen LogP contribution in [0.25, 0.3) is 11.4 Å². The van der Waals surface area contributed by atoms with Crippen molar-refractivity contribution in [2.45, 2.75) is 58.5 Å². The molecule has 3 saturated heterocycles. The van der Waals surface area contributed by atoms with Gasteiger partial charge in [0.15, 0.2) is 5.82 Å². The van der Waals surface area contributed by atoms with Gasteiger partial charge in [-0.1, -0.05) is 19.8 Å². The van der Waals surface area contributed by atoms with Crippen LogP contribution in [0, 0.1) is 5.92 Å². The molecule has 250 valence electrons. The SMILES string of the molecule is CCCC1CCN(C(=O)c2ccc(NC(=O)Nc3ccc(-c4nc(N5CCOC[C@@H]5C)nc(N5CCOC[C@@H]5C)n4)cc3)cc2)CC1. The van der Waals surface area contributed by atoms with Gasteiger partial charge >= 0.3 is 6.03 Å². The summed E-state index contributed by atoms with van der Waals surface area (Å²) in [5, 5.41) is 5.75. The highest BCUT2D eigenvalue weighted by molar-refractivity contribution is 6.00. The quantitative estimate of drug-likeness (QED) is 0.337. The average Bonchev–Trinajstić information content (AvgIpc) is 3.09. The zero-order valence-corrected chi connectivity index (χ0v) is 27.7. The Hall–Kier alpha value is -4.29. The summed E-state index contributed by atoms with van der Waals surface area (Å²) >= 11 is 0. The third-order valence-electron chi connectivity index (χ3n) is 9.25. The van der Waals surface area contributed by atoms with Gasteiger partial charge in [0.1, 0.15) is 0 Å². The van der Waals surface area contributed by atoms with E-state index in [-0.39, 0.29) is 24.0 Å². The topological polar surface area (TPSA) is 125 Å². The lowest BCUT2D eigenvalue weighted by molar-refractivity contribution is 0.0686. The summed E-state index contributed by atoms with van der Waals surface area (Å²) in [5.74, 6) is 2.60. The van der Waals surface area contributed by atoms with Crippen molar-refractivity contribution in [1.29, 1.82) is 0 Å². The molecule has 0 aliphatic carbocycles. The molecular weight excluding hydrogens is 596 g/mol. The van der Waals surface area contributed by atoms with Crippen LogP contribution in [0.5, 0.6) is 0 Å². The number of hydrogen-bond acceptors (Lipinski definition) is 9. The van der Waals surface area contributed by atoms with E-state index in [2.05, 4.69) is 41.2 Å². The molecule has 0 unspecified atom stereocenters. The van der Waals surface area contributed by atoms with Gasteiger partial charge in [0.2, 0.25) is 11.9 Å². The zero-order valence-electron chi connectivity index (χ0n) is 27.7. The monoisotopic (exact) mass is 642 g/mol. The first-order valence-electron chi connectivity index (χ1n) is 16.9. The molecule has 3 amide bonds. The summed E-state index contributed by atoms with van der Waals surface area (Å²) in [6.45, 7) is 11.9. The Kier molecular flexibility index (Phi) is 10.5. The molecule has 0 radical (unpaired) electrons. The molecule has 3 aromatic rings. The van der Waals surface area contributed by atoms with E-state index in [1.165, 1.54) is 12.8 Å². The average molecular weight is 643 g/mol. The number of carbonyl (C=O) groups is 2. The minimum absolute atomic E-state index is 0.0485. The molecular formula is C35H46N8O4. The second-order valence-electron chi connectivity index (χ2n) is 12.8. The van der Waals surface area contributed by atoms with Crippen LogP contribution in [0.15, 0.2) is 48.5 Å². The van der Waals surface area contributed by atoms with E-state index in [4.69, 9.17) is 24.4 Å². The Morgan fingerprint density at radius 2 is 1.30 bits per heavy atom.